The maximum absolute atomic E-state index is 14.2. The number of rotatable bonds is 9. The van der Waals surface area contributed by atoms with Gasteiger partial charge in [0, 0.05) is 5.56 Å². The van der Waals surface area contributed by atoms with Gasteiger partial charge in [-0.1, -0.05) is 29.8 Å². The molecule has 1 aromatic carbocycles. The predicted molar refractivity (Wildman–Crippen MR) is 130 cm³/mol. The van der Waals surface area contributed by atoms with Crippen molar-refractivity contribution in [3.05, 3.63) is 53.1 Å². The van der Waals surface area contributed by atoms with Crippen LogP contribution in [-0.2, 0) is 24.1 Å². The lowest BCUT2D eigenvalue weighted by atomic mass is 10.1. The molecule has 4 rings (SSSR count). The summed E-state index contributed by atoms with van der Waals surface area (Å²) in [7, 11) is -9.56. The molecule has 5 atom stereocenters. The zero-order valence-corrected chi connectivity index (χ0v) is 21.7. The Morgan fingerprint density at radius 2 is 2.05 bits per heavy atom. The molecule has 1 aliphatic rings. The van der Waals surface area contributed by atoms with E-state index >= 15 is 0 Å². The van der Waals surface area contributed by atoms with Gasteiger partial charge in [-0.2, -0.15) is 5.10 Å². The van der Waals surface area contributed by atoms with E-state index in [9.17, 15) is 28.6 Å². The minimum atomic E-state index is -4.85. The highest BCUT2D eigenvalue weighted by atomic mass is 35.5. The van der Waals surface area contributed by atoms with Gasteiger partial charge in [0.15, 0.2) is 11.6 Å². The van der Waals surface area contributed by atoms with Crippen LogP contribution in [0.1, 0.15) is 18.5 Å². The van der Waals surface area contributed by atoms with Gasteiger partial charge in [-0.3, -0.25) is 9.13 Å². The number of pyridine rings is 1. The van der Waals surface area contributed by atoms with Gasteiger partial charge in [0.2, 0.25) is 5.72 Å². The summed E-state index contributed by atoms with van der Waals surface area (Å²) in [6.07, 6.45) is -1.74. The molecule has 0 amide bonds. The molecule has 202 valence electrons. The average molecular weight is 581 g/mol. The topological polar surface area (TPSA) is 196 Å². The largest absolute Gasteiger partial charge is 0.385 e. The number of fused-ring (bicyclic) bond motifs is 1. The SMILES string of the molecule is C[C@H](Nc1cc(Cl)nc2c1cnn2[C@]1(O)CO[C@H](COP(=O)(O)CP(=O)(O)O)[C@H]1O)c1ccccc1F. The molecule has 13 nitrogen and oxygen atoms in total. The molecule has 2 aromatic heterocycles. The minimum Gasteiger partial charge on any atom is -0.385 e. The Morgan fingerprint density at radius 3 is 2.73 bits per heavy atom. The second-order valence-corrected chi connectivity index (χ2v) is 13.0. The second kappa shape index (κ2) is 10.3. The maximum Gasteiger partial charge on any atom is 0.340 e. The highest BCUT2D eigenvalue weighted by molar-refractivity contribution is 7.70. The molecule has 0 bridgehead atoms. The van der Waals surface area contributed by atoms with Crippen molar-refractivity contribution >= 4 is 43.5 Å². The van der Waals surface area contributed by atoms with E-state index in [-0.39, 0.29) is 10.8 Å². The maximum atomic E-state index is 14.2. The summed E-state index contributed by atoms with van der Waals surface area (Å²) in [5, 5.41) is 29.7. The van der Waals surface area contributed by atoms with Crippen LogP contribution in [0, 0.1) is 5.82 Å². The van der Waals surface area contributed by atoms with Gasteiger partial charge >= 0.3 is 15.2 Å². The molecular formula is C20H24ClFN4O9P2. The fourth-order valence-electron chi connectivity index (χ4n) is 4.00. The van der Waals surface area contributed by atoms with E-state index in [0.29, 0.717) is 16.6 Å². The summed E-state index contributed by atoms with van der Waals surface area (Å²) in [5.74, 6) is -1.82. The van der Waals surface area contributed by atoms with Crippen LogP contribution in [0.5, 0.6) is 0 Å². The van der Waals surface area contributed by atoms with Crippen molar-refractivity contribution < 1.29 is 47.7 Å². The van der Waals surface area contributed by atoms with Crippen molar-refractivity contribution in [2.45, 2.75) is 30.9 Å². The van der Waals surface area contributed by atoms with Gasteiger partial charge in [0.05, 0.1) is 36.5 Å². The zero-order valence-electron chi connectivity index (χ0n) is 19.2. The molecule has 17 heteroatoms. The van der Waals surface area contributed by atoms with Crippen molar-refractivity contribution in [2.24, 2.45) is 0 Å². The molecule has 1 unspecified atom stereocenters. The van der Waals surface area contributed by atoms with Crippen molar-refractivity contribution in [1.82, 2.24) is 14.8 Å². The Kier molecular flexibility index (Phi) is 7.82. The standard InChI is InChI=1S/C20H24ClFN4O9P2/c1-11(12-4-2-3-5-14(12)22)24-15-6-17(21)25-19-13(15)7-23-26(19)20(28)9-34-16(18(20)27)8-35-37(32,33)10-36(29,30)31/h2-7,11,16,18,27-28H,8-10H2,1H3,(H,24,25)(H,32,33)(H2,29,30,31)/t11-,16+,18+,20-/m0/s1. The Labute approximate surface area is 214 Å². The summed E-state index contributed by atoms with van der Waals surface area (Å²) in [4.78, 5) is 31.7. The summed E-state index contributed by atoms with van der Waals surface area (Å²) in [6.45, 7) is 0.454. The van der Waals surface area contributed by atoms with E-state index in [4.69, 9.17) is 30.6 Å². The van der Waals surface area contributed by atoms with Gasteiger partial charge < -0.3 is 39.5 Å². The first kappa shape index (κ1) is 28.1. The van der Waals surface area contributed by atoms with Crippen molar-refractivity contribution in [3.8, 4) is 0 Å². The number of nitrogens with one attached hydrogen (secondary N) is 1. The first-order valence-corrected chi connectivity index (χ1v) is 14.7. The number of hydrogen-bond acceptors (Lipinski definition) is 9. The molecule has 0 radical (unpaired) electrons. The second-order valence-electron chi connectivity index (χ2n) is 8.59. The number of aliphatic hydroxyl groups excluding tert-OH is 1. The normalized spacial score (nSPS) is 24.8. The predicted octanol–water partition coefficient (Wildman–Crippen LogP) is 2.14. The van der Waals surface area contributed by atoms with E-state index in [2.05, 4.69) is 15.4 Å². The van der Waals surface area contributed by atoms with Crippen LogP contribution < -0.4 is 5.32 Å². The number of ether oxygens (including phenoxy) is 1. The fraction of sp³-hybridized carbons (Fsp3) is 0.400. The zero-order chi connectivity index (χ0) is 27.2. The molecule has 0 saturated carbocycles. The van der Waals surface area contributed by atoms with Crippen LogP contribution in [0.4, 0.5) is 10.1 Å². The quantitative estimate of drug-likeness (QED) is 0.160. The van der Waals surface area contributed by atoms with Crippen LogP contribution in [0.15, 0.2) is 36.5 Å². The highest BCUT2D eigenvalue weighted by Gasteiger charge is 2.52. The third kappa shape index (κ3) is 6.04. The van der Waals surface area contributed by atoms with Gasteiger partial charge in [-0.05, 0) is 19.1 Å². The van der Waals surface area contributed by atoms with Gasteiger partial charge in [-0.25, -0.2) is 14.1 Å². The Bertz CT molecular complexity index is 1410. The number of aliphatic hydroxyl groups is 2. The summed E-state index contributed by atoms with van der Waals surface area (Å²) >= 11 is 6.20. The van der Waals surface area contributed by atoms with E-state index in [0.717, 1.165) is 4.68 Å². The Balaban J connectivity index is 1.58. The number of anilines is 1. The van der Waals surface area contributed by atoms with E-state index in [1.54, 1.807) is 25.1 Å². The molecule has 6 N–H and O–H groups in total. The number of aromatic nitrogens is 3. The highest BCUT2D eigenvalue weighted by Crippen LogP contribution is 2.55. The molecule has 1 fully saturated rings. The third-order valence-corrected chi connectivity index (χ3v) is 9.41. The van der Waals surface area contributed by atoms with Gasteiger partial charge in [0.1, 0.15) is 23.2 Å². The number of nitrogens with zero attached hydrogens (tertiary/aromatic N) is 3. The van der Waals surface area contributed by atoms with E-state index in [1.807, 2.05) is 0 Å². The number of benzene rings is 1. The lowest BCUT2D eigenvalue weighted by Crippen LogP contribution is -2.47. The minimum absolute atomic E-state index is 0.00743. The van der Waals surface area contributed by atoms with Gasteiger partial charge in [0.25, 0.3) is 0 Å². The van der Waals surface area contributed by atoms with Crippen LogP contribution in [0.3, 0.4) is 0 Å². The Hall–Kier alpha value is -1.96. The monoisotopic (exact) mass is 580 g/mol. The first-order valence-electron chi connectivity index (χ1n) is 10.8. The molecule has 0 aliphatic carbocycles. The smallest absolute Gasteiger partial charge is 0.340 e. The fourth-order valence-corrected chi connectivity index (χ4v) is 6.76. The lowest BCUT2D eigenvalue weighted by molar-refractivity contribution is -0.117. The van der Waals surface area contributed by atoms with Crippen LogP contribution in [-0.4, -0.2) is 71.0 Å². The molecule has 37 heavy (non-hydrogen) atoms. The van der Waals surface area contributed by atoms with Crippen molar-refractivity contribution in [1.29, 1.82) is 0 Å². The third-order valence-electron chi connectivity index (χ3n) is 5.76. The van der Waals surface area contributed by atoms with Crippen LogP contribution >= 0.6 is 26.8 Å². The molecule has 1 saturated heterocycles. The average Bonchev–Trinajstić information content (AvgIpc) is 3.33. The summed E-state index contributed by atoms with van der Waals surface area (Å²) < 4.78 is 48.2. The first-order chi connectivity index (χ1) is 17.2. The van der Waals surface area contributed by atoms with Crippen molar-refractivity contribution in [2.75, 3.05) is 24.4 Å². The van der Waals surface area contributed by atoms with Crippen molar-refractivity contribution in [3.63, 3.8) is 0 Å². The number of halogens is 2. The molecule has 3 heterocycles. The summed E-state index contributed by atoms with van der Waals surface area (Å²) in [5.41, 5.74) is -1.33. The summed E-state index contributed by atoms with van der Waals surface area (Å²) in [6, 6.07) is 7.23. The van der Waals surface area contributed by atoms with E-state index in [1.165, 1.54) is 18.3 Å². The van der Waals surface area contributed by atoms with Crippen LogP contribution in [0.25, 0.3) is 11.0 Å². The lowest BCUT2D eigenvalue weighted by Gasteiger charge is -2.27. The molecule has 0 spiro atoms. The van der Waals surface area contributed by atoms with E-state index < -0.39 is 64.1 Å². The molecule has 1 aliphatic heterocycles. The molecule has 3 aromatic rings. The van der Waals surface area contributed by atoms with Gasteiger partial charge in [-0.15, -0.1) is 0 Å². The number of hydrogen-bond donors (Lipinski definition) is 6. The molecular weight excluding hydrogens is 557 g/mol. The van der Waals surface area contributed by atoms with Crippen LogP contribution in [0.2, 0.25) is 5.15 Å². The Morgan fingerprint density at radius 1 is 1.35 bits per heavy atom.